The summed E-state index contributed by atoms with van der Waals surface area (Å²) in [6.07, 6.45) is 7.35. The van der Waals surface area contributed by atoms with Crippen molar-refractivity contribution in [1.82, 2.24) is 25.2 Å². The monoisotopic (exact) mass is 511 g/mol. The third-order valence-corrected chi connectivity index (χ3v) is 7.00. The molecule has 2 aromatic heterocycles. The number of aryl methyl sites for hydroxylation is 2. The van der Waals surface area contributed by atoms with Gasteiger partial charge in [-0.15, -0.1) is 10.2 Å². The molecule has 4 aromatic rings. The first-order chi connectivity index (χ1) is 16.9. The highest BCUT2D eigenvalue weighted by atomic mass is 35.5. The summed E-state index contributed by atoms with van der Waals surface area (Å²) in [5.74, 6) is 0.878. The first-order valence-corrected chi connectivity index (χ1v) is 12.9. The Balaban J connectivity index is 1.42. The lowest BCUT2D eigenvalue weighted by Crippen LogP contribution is -2.12. The number of ketones is 1. The molecule has 184 valence electrons. The van der Waals surface area contributed by atoms with Crippen LogP contribution in [0.1, 0.15) is 66.5 Å². The second kappa shape index (κ2) is 11.8. The van der Waals surface area contributed by atoms with Gasteiger partial charge in [-0.1, -0.05) is 60.3 Å². The van der Waals surface area contributed by atoms with Gasteiger partial charge in [0.05, 0.1) is 0 Å². The van der Waals surface area contributed by atoms with Crippen LogP contribution in [0.2, 0.25) is 10.0 Å². The molecule has 0 bridgehead atoms. The predicted octanol–water partition coefficient (Wildman–Crippen LogP) is 6.80. The smallest absolute Gasteiger partial charge is 0.174 e. The molecule has 35 heavy (non-hydrogen) atoms. The molecule has 0 aliphatic rings. The molecule has 1 atom stereocenters. The van der Waals surface area contributed by atoms with Gasteiger partial charge in [-0.25, -0.2) is 0 Å². The molecule has 0 aliphatic carbocycles. The first kappa shape index (κ1) is 25.4. The summed E-state index contributed by atoms with van der Waals surface area (Å²) in [5.41, 5.74) is 4.23. The highest BCUT2D eigenvalue weighted by Gasteiger charge is 2.23. The van der Waals surface area contributed by atoms with Gasteiger partial charge in [-0.05, 0) is 67.5 Å². The fourth-order valence-electron chi connectivity index (χ4n) is 4.81. The molecule has 0 fully saturated rings. The number of carbonyl (C=O) groups excluding carboxylic acids is 1. The molecule has 0 saturated carbocycles. The van der Waals surface area contributed by atoms with Gasteiger partial charge in [0.1, 0.15) is 0 Å². The molecule has 6 nitrogen and oxygen atoms in total. The maximum absolute atomic E-state index is 13.5. The summed E-state index contributed by atoms with van der Waals surface area (Å²) in [7, 11) is 2.05. The van der Waals surface area contributed by atoms with Crippen LogP contribution in [0, 0.1) is 5.92 Å². The Morgan fingerprint density at radius 3 is 2.54 bits per heavy atom. The second-order valence-corrected chi connectivity index (χ2v) is 10.2. The van der Waals surface area contributed by atoms with E-state index in [4.69, 9.17) is 23.2 Å². The largest absolute Gasteiger partial charge is 0.347 e. The molecule has 1 N–H and O–H groups in total. The van der Waals surface area contributed by atoms with Crippen LogP contribution in [0.5, 0.6) is 0 Å². The standard InChI is InChI=1S/C27H31Cl2N5O/c1-18(15-26-30-32-33-31-26)14-25(35)27-22-17-21(29)12-13-23(22)34(2)24(27)11-6-4-3-5-8-19-9-7-10-20(28)16-19/h7,9-10,12-13,16-18H,3-6,8,11,14-15H2,1-2H3,(H,30,31,32,33)/t18-/m0/s1. The number of rotatable bonds is 12. The van der Waals surface area contributed by atoms with E-state index in [-0.39, 0.29) is 11.7 Å². The van der Waals surface area contributed by atoms with E-state index in [0.29, 0.717) is 23.7 Å². The van der Waals surface area contributed by atoms with Crippen molar-refractivity contribution in [2.24, 2.45) is 13.0 Å². The van der Waals surface area contributed by atoms with E-state index in [9.17, 15) is 4.79 Å². The van der Waals surface area contributed by atoms with Crippen molar-refractivity contribution < 1.29 is 4.79 Å². The van der Waals surface area contributed by atoms with Crippen molar-refractivity contribution in [1.29, 1.82) is 0 Å². The summed E-state index contributed by atoms with van der Waals surface area (Å²) in [5, 5.41) is 16.5. The Morgan fingerprint density at radius 1 is 1.03 bits per heavy atom. The summed E-state index contributed by atoms with van der Waals surface area (Å²) in [6.45, 7) is 2.05. The summed E-state index contributed by atoms with van der Waals surface area (Å²) in [6, 6.07) is 13.9. The highest BCUT2D eigenvalue weighted by molar-refractivity contribution is 6.31. The number of H-pyrrole nitrogens is 1. The maximum Gasteiger partial charge on any atom is 0.174 e. The minimum Gasteiger partial charge on any atom is -0.347 e. The number of nitrogens with zero attached hydrogens (tertiary/aromatic N) is 4. The number of aromatic amines is 1. The van der Waals surface area contributed by atoms with Gasteiger partial charge in [0, 0.05) is 52.1 Å². The van der Waals surface area contributed by atoms with E-state index in [0.717, 1.165) is 65.7 Å². The number of nitrogens with one attached hydrogen (secondary N) is 1. The summed E-state index contributed by atoms with van der Waals surface area (Å²) >= 11 is 12.4. The molecule has 4 rings (SSSR count). The Hall–Kier alpha value is -2.70. The lowest BCUT2D eigenvalue weighted by molar-refractivity contribution is 0.0964. The van der Waals surface area contributed by atoms with Gasteiger partial charge in [0.25, 0.3) is 0 Å². The number of aromatic nitrogens is 5. The summed E-state index contributed by atoms with van der Waals surface area (Å²) in [4.78, 5) is 13.5. The summed E-state index contributed by atoms with van der Waals surface area (Å²) < 4.78 is 2.16. The van der Waals surface area contributed by atoms with E-state index in [1.54, 1.807) is 0 Å². The Kier molecular flexibility index (Phi) is 8.58. The van der Waals surface area contributed by atoms with Crippen LogP contribution in [0.3, 0.4) is 0 Å². The van der Waals surface area contributed by atoms with Gasteiger partial charge in [-0.3, -0.25) is 4.79 Å². The van der Waals surface area contributed by atoms with Crippen LogP contribution in [-0.4, -0.2) is 31.0 Å². The molecular weight excluding hydrogens is 481 g/mol. The Labute approximate surface area is 216 Å². The normalized spacial score (nSPS) is 12.3. The molecule has 0 saturated heterocycles. The molecule has 2 heterocycles. The zero-order valence-electron chi connectivity index (χ0n) is 20.2. The number of unbranched alkanes of at least 4 members (excludes halogenated alkanes) is 3. The van der Waals surface area contributed by atoms with Crippen molar-refractivity contribution >= 4 is 39.9 Å². The number of Topliss-reactive ketones (excluding diaryl/α,β-unsaturated/α-hetero) is 1. The Morgan fingerprint density at radius 2 is 1.80 bits per heavy atom. The first-order valence-electron chi connectivity index (χ1n) is 12.2. The van der Waals surface area contributed by atoms with Crippen molar-refractivity contribution in [3.63, 3.8) is 0 Å². The van der Waals surface area contributed by atoms with Gasteiger partial charge in [0.15, 0.2) is 11.6 Å². The number of halogens is 2. The zero-order valence-corrected chi connectivity index (χ0v) is 21.7. The van der Waals surface area contributed by atoms with E-state index < -0.39 is 0 Å². The molecule has 0 unspecified atom stereocenters. The van der Waals surface area contributed by atoms with Crippen LogP contribution in [0.4, 0.5) is 0 Å². The molecule has 2 aromatic carbocycles. The van der Waals surface area contributed by atoms with Crippen LogP contribution < -0.4 is 0 Å². The number of fused-ring (bicyclic) bond motifs is 1. The lowest BCUT2D eigenvalue weighted by atomic mass is 9.94. The fraction of sp³-hybridized carbons (Fsp3) is 0.407. The minimum absolute atomic E-state index is 0.105. The lowest BCUT2D eigenvalue weighted by Gasteiger charge is -2.11. The van der Waals surface area contributed by atoms with Gasteiger partial charge < -0.3 is 4.57 Å². The second-order valence-electron chi connectivity index (χ2n) is 9.35. The molecule has 0 amide bonds. The number of hydrogen-bond acceptors (Lipinski definition) is 4. The SMILES string of the molecule is C[C@@H](CC(=O)c1c(CCCCCCc2cccc(Cl)c2)n(C)c2ccc(Cl)cc12)Cc1nn[nH]n1. The van der Waals surface area contributed by atoms with Crippen molar-refractivity contribution in [2.75, 3.05) is 0 Å². The minimum atomic E-state index is 0.105. The van der Waals surface area contributed by atoms with Crippen molar-refractivity contribution in [2.45, 2.75) is 58.3 Å². The maximum atomic E-state index is 13.5. The van der Waals surface area contributed by atoms with Crippen LogP contribution in [0.25, 0.3) is 10.9 Å². The molecule has 0 spiro atoms. The average Bonchev–Trinajstić information content (AvgIpc) is 3.42. The van der Waals surface area contributed by atoms with E-state index in [1.807, 2.05) is 50.4 Å². The van der Waals surface area contributed by atoms with Gasteiger partial charge in [0.2, 0.25) is 0 Å². The Bertz CT molecular complexity index is 1280. The van der Waals surface area contributed by atoms with Crippen molar-refractivity contribution in [3.05, 3.63) is 75.2 Å². The quantitative estimate of drug-likeness (QED) is 0.167. The van der Waals surface area contributed by atoms with E-state index >= 15 is 0 Å². The van der Waals surface area contributed by atoms with Crippen LogP contribution >= 0.6 is 23.2 Å². The third kappa shape index (κ3) is 6.50. The van der Waals surface area contributed by atoms with E-state index in [1.165, 1.54) is 5.56 Å². The van der Waals surface area contributed by atoms with Crippen molar-refractivity contribution in [3.8, 4) is 0 Å². The fourth-order valence-corrected chi connectivity index (χ4v) is 5.20. The van der Waals surface area contributed by atoms with Crippen LogP contribution in [0.15, 0.2) is 42.5 Å². The van der Waals surface area contributed by atoms with Crippen LogP contribution in [-0.2, 0) is 26.3 Å². The highest BCUT2D eigenvalue weighted by Crippen LogP contribution is 2.31. The molecule has 0 radical (unpaired) electrons. The third-order valence-electron chi connectivity index (χ3n) is 6.53. The number of tetrazole rings is 1. The molecule has 0 aliphatic heterocycles. The molecule has 8 heteroatoms. The topological polar surface area (TPSA) is 76.5 Å². The average molecular weight is 512 g/mol. The number of carbonyl (C=O) groups is 1. The number of hydrogen-bond donors (Lipinski definition) is 1. The zero-order chi connectivity index (χ0) is 24.8. The predicted molar refractivity (Wildman–Crippen MR) is 141 cm³/mol. The van der Waals surface area contributed by atoms with Gasteiger partial charge >= 0.3 is 0 Å². The van der Waals surface area contributed by atoms with Gasteiger partial charge in [-0.2, -0.15) is 5.21 Å². The molecular formula is C27H31Cl2N5O. The van der Waals surface area contributed by atoms with E-state index in [2.05, 4.69) is 31.3 Å². The number of benzene rings is 2.